The molecule has 0 heterocycles. The van der Waals surface area contributed by atoms with Gasteiger partial charge in [-0.1, -0.05) is 13.8 Å². The first-order valence-corrected chi connectivity index (χ1v) is 9.45. The van der Waals surface area contributed by atoms with Gasteiger partial charge in [0.25, 0.3) is 0 Å². The molecule has 23 heavy (non-hydrogen) atoms. The summed E-state index contributed by atoms with van der Waals surface area (Å²) in [4.78, 5) is 0. The van der Waals surface area contributed by atoms with Crippen LogP contribution in [-0.4, -0.2) is 39.8 Å². The Labute approximate surface area is 138 Å². The summed E-state index contributed by atoms with van der Waals surface area (Å²) in [7, 11) is 0. The molecule has 0 amide bonds. The van der Waals surface area contributed by atoms with Crippen molar-refractivity contribution in [1.82, 2.24) is 0 Å². The Bertz CT molecular complexity index is 485. The first kappa shape index (κ1) is 16.3. The fourth-order valence-electron chi connectivity index (χ4n) is 7.22. The van der Waals surface area contributed by atoms with Crippen LogP contribution >= 0.6 is 0 Å². The van der Waals surface area contributed by atoms with Crippen LogP contribution < -0.4 is 0 Å². The summed E-state index contributed by atoms with van der Waals surface area (Å²) in [5.74, 6) is 1.17. The Morgan fingerprint density at radius 1 is 0.826 bits per heavy atom. The van der Waals surface area contributed by atoms with Crippen molar-refractivity contribution in [3.63, 3.8) is 0 Å². The zero-order valence-electron chi connectivity index (χ0n) is 14.3. The van der Waals surface area contributed by atoms with Crippen molar-refractivity contribution < 1.29 is 19.7 Å². The van der Waals surface area contributed by atoms with E-state index in [0.717, 1.165) is 32.1 Å². The molecule has 3 N–H and O–H groups in total. The average Bonchev–Trinajstić information content (AvgIpc) is 2.73. The van der Waals surface area contributed by atoms with Gasteiger partial charge in [0.2, 0.25) is 0 Å². The van der Waals surface area contributed by atoms with Gasteiger partial charge in [-0.25, -0.2) is 4.39 Å². The van der Waals surface area contributed by atoms with Crippen molar-refractivity contribution in [2.24, 2.45) is 34.5 Å². The molecule has 0 aromatic rings. The second-order valence-electron chi connectivity index (χ2n) is 9.46. The number of hydrogen-bond donors (Lipinski definition) is 3. The van der Waals surface area contributed by atoms with Crippen LogP contribution in [-0.2, 0) is 0 Å². The van der Waals surface area contributed by atoms with Crippen molar-refractivity contribution in [3.05, 3.63) is 0 Å². The Kier molecular flexibility index (Phi) is 3.65. The summed E-state index contributed by atoms with van der Waals surface area (Å²) in [6.45, 7) is 4.36. The topological polar surface area (TPSA) is 60.7 Å². The minimum atomic E-state index is -1.11. The van der Waals surface area contributed by atoms with Gasteiger partial charge in [-0.3, -0.25) is 0 Å². The first-order valence-electron chi connectivity index (χ1n) is 9.45. The van der Waals surface area contributed by atoms with Crippen LogP contribution in [0.1, 0.15) is 58.8 Å². The quantitative estimate of drug-likeness (QED) is 0.641. The van der Waals surface area contributed by atoms with E-state index in [9.17, 15) is 19.7 Å². The monoisotopic (exact) mass is 326 g/mol. The van der Waals surface area contributed by atoms with Gasteiger partial charge in [0.05, 0.1) is 18.3 Å². The number of rotatable bonds is 0. The van der Waals surface area contributed by atoms with E-state index < -0.39 is 18.4 Å². The lowest BCUT2D eigenvalue weighted by molar-refractivity contribution is -0.174. The molecule has 4 fully saturated rings. The molecule has 4 heteroatoms. The van der Waals surface area contributed by atoms with E-state index in [2.05, 4.69) is 13.8 Å². The smallest absolute Gasteiger partial charge is 0.127 e. The highest BCUT2D eigenvalue weighted by Gasteiger charge is 2.63. The summed E-state index contributed by atoms with van der Waals surface area (Å²) in [6.07, 6.45) is 2.94. The van der Waals surface area contributed by atoms with Crippen LogP contribution in [0.25, 0.3) is 0 Å². The van der Waals surface area contributed by atoms with Gasteiger partial charge in [-0.2, -0.15) is 0 Å². The van der Waals surface area contributed by atoms with Gasteiger partial charge in [0, 0.05) is 0 Å². The minimum Gasteiger partial charge on any atom is -0.393 e. The molecular weight excluding hydrogens is 295 g/mol. The third kappa shape index (κ3) is 2.10. The maximum atomic E-state index is 14.3. The van der Waals surface area contributed by atoms with Crippen molar-refractivity contribution in [2.45, 2.75) is 83.3 Å². The normalized spacial score (nSPS) is 62.3. The predicted molar refractivity (Wildman–Crippen MR) is 85.4 cm³/mol. The highest BCUT2D eigenvalue weighted by atomic mass is 19.1. The van der Waals surface area contributed by atoms with Gasteiger partial charge in [-0.05, 0) is 79.4 Å². The Morgan fingerprint density at radius 2 is 1.52 bits per heavy atom. The van der Waals surface area contributed by atoms with Crippen molar-refractivity contribution in [2.75, 3.05) is 0 Å². The Balaban J connectivity index is 1.67. The number of fused-ring (bicyclic) bond motifs is 5. The molecule has 0 spiro atoms. The predicted octanol–water partition coefficient (Wildman–Crippen LogP) is 2.67. The van der Waals surface area contributed by atoms with E-state index in [1.807, 2.05) is 0 Å². The SMILES string of the molecule is C[C@]12CC[C@H](O)CC1[C@@H](O)CC1C2CC[C@@]2(C)C1C[C@@H](F)[C@@H]2O. The number of halogens is 1. The van der Waals surface area contributed by atoms with E-state index in [0.29, 0.717) is 24.7 Å². The fourth-order valence-corrected chi connectivity index (χ4v) is 7.22. The first-order chi connectivity index (χ1) is 10.8. The number of hydrogen-bond acceptors (Lipinski definition) is 3. The van der Waals surface area contributed by atoms with Crippen LogP contribution in [0, 0.1) is 34.5 Å². The van der Waals surface area contributed by atoms with Crippen LogP contribution in [0.5, 0.6) is 0 Å². The highest BCUT2D eigenvalue weighted by Crippen LogP contribution is 2.66. The Morgan fingerprint density at radius 3 is 2.26 bits per heavy atom. The van der Waals surface area contributed by atoms with E-state index >= 15 is 0 Å². The molecule has 132 valence electrons. The second kappa shape index (κ2) is 5.15. The molecule has 10 atom stereocenters. The molecule has 0 aromatic heterocycles. The molecule has 0 bridgehead atoms. The number of aliphatic hydroxyl groups excluding tert-OH is 3. The lowest BCUT2D eigenvalue weighted by Gasteiger charge is -2.61. The number of alkyl halides is 1. The summed E-state index contributed by atoms with van der Waals surface area (Å²) < 4.78 is 14.3. The van der Waals surface area contributed by atoms with Gasteiger partial charge < -0.3 is 15.3 Å². The lowest BCUT2D eigenvalue weighted by Crippen LogP contribution is -2.58. The van der Waals surface area contributed by atoms with Crippen LogP contribution in [0.15, 0.2) is 0 Å². The van der Waals surface area contributed by atoms with Crippen LogP contribution in [0.3, 0.4) is 0 Å². The standard InChI is InChI=1S/C19H31FO3/c1-18-5-3-10(21)7-14(18)16(22)8-11-12(18)4-6-19(2)13(11)9-15(20)17(19)23/h10-17,21-23H,3-9H2,1-2H3/t10-,11?,12?,13?,14?,15+,16-,17-,18+,19-/m0/s1. The van der Waals surface area contributed by atoms with E-state index in [1.165, 1.54) is 0 Å². The maximum Gasteiger partial charge on any atom is 0.127 e. The molecular formula is C19H31FO3. The summed E-state index contributed by atoms with van der Waals surface area (Å²) in [5, 5.41) is 31.2. The van der Waals surface area contributed by atoms with Crippen molar-refractivity contribution >= 4 is 0 Å². The van der Waals surface area contributed by atoms with Crippen molar-refractivity contribution in [3.8, 4) is 0 Å². The highest BCUT2D eigenvalue weighted by molar-refractivity contribution is 5.12. The van der Waals surface area contributed by atoms with E-state index in [-0.39, 0.29) is 28.8 Å². The molecule has 4 rings (SSSR count). The molecule has 4 unspecified atom stereocenters. The van der Waals surface area contributed by atoms with Crippen molar-refractivity contribution in [1.29, 1.82) is 0 Å². The molecule has 4 aliphatic rings. The van der Waals surface area contributed by atoms with Gasteiger partial charge in [0.15, 0.2) is 0 Å². The third-order valence-corrected chi connectivity index (χ3v) is 8.59. The molecule has 0 saturated heterocycles. The van der Waals surface area contributed by atoms with E-state index in [1.54, 1.807) is 0 Å². The van der Waals surface area contributed by atoms with Crippen LogP contribution in [0.2, 0.25) is 0 Å². The zero-order valence-corrected chi connectivity index (χ0v) is 14.3. The zero-order chi connectivity index (χ0) is 16.6. The number of aliphatic hydroxyl groups is 3. The van der Waals surface area contributed by atoms with E-state index in [4.69, 9.17) is 0 Å². The summed E-state index contributed by atoms with van der Waals surface area (Å²) in [5.41, 5.74) is -0.264. The van der Waals surface area contributed by atoms with Crippen LogP contribution in [0.4, 0.5) is 4.39 Å². The average molecular weight is 326 g/mol. The molecule has 0 aliphatic heterocycles. The largest absolute Gasteiger partial charge is 0.393 e. The van der Waals surface area contributed by atoms with Gasteiger partial charge in [0.1, 0.15) is 6.17 Å². The molecule has 4 saturated carbocycles. The second-order valence-corrected chi connectivity index (χ2v) is 9.46. The molecule has 0 aromatic carbocycles. The van der Waals surface area contributed by atoms with Gasteiger partial charge >= 0.3 is 0 Å². The minimum absolute atomic E-state index is 0.0578. The summed E-state index contributed by atoms with van der Waals surface area (Å²) in [6, 6.07) is 0. The van der Waals surface area contributed by atoms with Gasteiger partial charge in [-0.15, -0.1) is 0 Å². The maximum absolute atomic E-state index is 14.3. The summed E-state index contributed by atoms with van der Waals surface area (Å²) >= 11 is 0. The molecule has 3 nitrogen and oxygen atoms in total. The lowest BCUT2D eigenvalue weighted by atomic mass is 9.44. The fraction of sp³-hybridized carbons (Fsp3) is 1.00. The molecule has 0 radical (unpaired) electrons. The Hall–Kier alpha value is -0.190. The molecule has 4 aliphatic carbocycles. The third-order valence-electron chi connectivity index (χ3n) is 8.59.